The van der Waals surface area contributed by atoms with Gasteiger partial charge in [-0.1, -0.05) is 17.7 Å². The molecular formula is C22H21ClN4O3. The average molecular weight is 425 g/mol. The summed E-state index contributed by atoms with van der Waals surface area (Å²) in [5.74, 6) is 2.58. The summed E-state index contributed by atoms with van der Waals surface area (Å²) < 4.78 is 11.1. The van der Waals surface area contributed by atoms with E-state index in [2.05, 4.69) is 14.9 Å². The van der Waals surface area contributed by atoms with E-state index in [-0.39, 0.29) is 5.91 Å². The molecule has 0 bridgehead atoms. The second-order valence-corrected chi connectivity index (χ2v) is 7.22. The number of ether oxygens (including phenoxy) is 2. The van der Waals surface area contributed by atoms with E-state index in [0.717, 1.165) is 5.82 Å². The zero-order valence-corrected chi connectivity index (χ0v) is 17.2. The quantitative estimate of drug-likeness (QED) is 0.619. The van der Waals surface area contributed by atoms with Crippen molar-refractivity contribution in [3.05, 3.63) is 71.5 Å². The standard InChI is InChI=1S/C22H21ClN4O3/c1-29-18-3-2-4-19(13-18)30-21-14-20(24-15-25-21)26-9-11-27(12-10-26)22(28)16-5-7-17(23)8-6-16/h2-8,13-15H,9-12H2,1H3. The van der Waals surface area contributed by atoms with Gasteiger partial charge in [0.1, 0.15) is 23.6 Å². The van der Waals surface area contributed by atoms with Gasteiger partial charge in [0, 0.05) is 48.9 Å². The maximum atomic E-state index is 12.7. The molecule has 1 aliphatic rings. The smallest absolute Gasteiger partial charge is 0.253 e. The molecule has 8 heteroatoms. The third-order valence-corrected chi connectivity index (χ3v) is 5.13. The number of halogens is 1. The number of rotatable bonds is 5. The first-order valence-electron chi connectivity index (χ1n) is 9.56. The van der Waals surface area contributed by atoms with Crippen molar-refractivity contribution in [2.24, 2.45) is 0 Å². The SMILES string of the molecule is COc1cccc(Oc2cc(N3CCN(C(=O)c4ccc(Cl)cc4)CC3)ncn2)c1. The Kier molecular flexibility index (Phi) is 5.99. The molecule has 1 saturated heterocycles. The minimum atomic E-state index is 0.0102. The van der Waals surface area contributed by atoms with E-state index in [1.807, 2.05) is 23.1 Å². The number of amides is 1. The van der Waals surface area contributed by atoms with Crippen molar-refractivity contribution in [3.63, 3.8) is 0 Å². The summed E-state index contributed by atoms with van der Waals surface area (Å²) in [5.41, 5.74) is 0.642. The fourth-order valence-electron chi connectivity index (χ4n) is 3.26. The van der Waals surface area contributed by atoms with E-state index in [1.165, 1.54) is 6.33 Å². The van der Waals surface area contributed by atoms with Gasteiger partial charge >= 0.3 is 0 Å². The van der Waals surface area contributed by atoms with Crippen LogP contribution in [0.15, 0.2) is 60.9 Å². The van der Waals surface area contributed by atoms with E-state index in [1.54, 1.807) is 43.5 Å². The molecule has 2 heterocycles. The molecule has 0 unspecified atom stereocenters. The largest absolute Gasteiger partial charge is 0.497 e. The second kappa shape index (κ2) is 9.00. The highest BCUT2D eigenvalue weighted by Crippen LogP contribution is 2.26. The van der Waals surface area contributed by atoms with Gasteiger partial charge in [0.05, 0.1) is 7.11 Å². The van der Waals surface area contributed by atoms with Crippen LogP contribution in [0, 0.1) is 0 Å². The molecule has 0 spiro atoms. The highest BCUT2D eigenvalue weighted by atomic mass is 35.5. The van der Waals surface area contributed by atoms with Crippen LogP contribution in [0.3, 0.4) is 0 Å². The fourth-order valence-corrected chi connectivity index (χ4v) is 3.38. The van der Waals surface area contributed by atoms with Crippen molar-refractivity contribution in [2.45, 2.75) is 0 Å². The van der Waals surface area contributed by atoms with Crippen LogP contribution in [0.1, 0.15) is 10.4 Å². The van der Waals surface area contributed by atoms with Crippen LogP contribution in [-0.4, -0.2) is 54.1 Å². The first-order chi connectivity index (χ1) is 14.6. The van der Waals surface area contributed by atoms with E-state index < -0.39 is 0 Å². The molecule has 30 heavy (non-hydrogen) atoms. The molecule has 1 amide bonds. The van der Waals surface area contributed by atoms with Gasteiger partial charge in [-0.3, -0.25) is 4.79 Å². The Hall–Kier alpha value is -3.32. The minimum absolute atomic E-state index is 0.0102. The lowest BCUT2D eigenvalue weighted by atomic mass is 10.2. The molecule has 1 aromatic heterocycles. The maximum absolute atomic E-state index is 12.7. The molecule has 0 radical (unpaired) electrons. The molecule has 3 aromatic rings. The molecule has 4 rings (SSSR count). The number of nitrogens with zero attached hydrogens (tertiary/aromatic N) is 4. The van der Waals surface area contributed by atoms with Crippen LogP contribution in [0.5, 0.6) is 17.4 Å². The summed E-state index contributed by atoms with van der Waals surface area (Å²) in [5, 5.41) is 0.618. The van der Waals surface area contributed by atoms with Crippen LogP contribution >= 0.6 is 11.6 Å². The van der Waals surface area contributed by atoms with Gasteiger partial charge in [0.2, 0.25) is 5.88 Å². The van der Waals surface area contributed by atoms with E-state index >= 15 is 0 Å². The molecule has 0 atom stereocenters. The van der Waals surface area contributed by atoms with Crippen LogP contribution in [0.4, 0.5) is 5.82 Å². The average Bonchev–Trinajstić information content (AvgIpc) is 2.79. The Balaban J connectivity index is 1.39. The van der Waals surface area contributed by atoms with Crippen molar-refractivity contribution in [1.29, 1.82) is 0 Å². The number of hydrogen-bond donors (Lipinski definition) is 0. The van der Waals surface area contributed by atoms with Crippen molar-refractivity contribution in [3.8, 4) is 17.4 Å². The van der Waals surface area contributed by atoms with Crippen LogP contribution in [0.2, 0.25) is 5.02 Å². The molecule has 0 aliphatic carbocycles. The third-order valence-electron chi connectivity index (χ3n) is 4.87. The Morgan fingerprint density at radius 2 is 1.70 bits per heavy atom. The number of methoxy groups -OCH3 is 1. The van der Waals surface area contributed by atoms with Gasteiger partial charge in [-0.2, -0.15) is 0 Å². The number of benzene rings is 2. The van der Waals surface area contributed by atoms with Gasteiger partial charge in [0.25, 0.3) is 5.91 Å². The Bertz CT molecular complexity index is 1020. The number of hydrogen-bond acceptors (Lipinski definition) is 6. The molecule has 154 valence electrons. The summed E-state index contributed by atoms with van der Waals surface area (Å²) in [7, 11) is 1.61. The first kappa shape index (κ1) is 20.0. The van der Waals surface area contributed by atoms with Gasteiger partial charge in [0.15, 0.2) is 0 Å². The predicted octanol–water partition coefficient (Wildman–Crippen LogP) is 3.89. The van der Waals surface area contributed by atoms with Gasteiger partial charge in [-0.15, -0.1) is 0 Å². The summed E-state index contributed by atoms with van der Waals surface area (Å²) in [6, 6.07) is 16.1. The lowest BCUT2D eigenvalue weighted by molar-refractivity contribution is 0.0746. The molecule has 1 aliphatic heterocycles. The zero-order chi connectivity index (χ0) is 20.9. The van der Waals surface area contributed by atoms with Gasteiger partial charge in [-0.05, 0) is 36.4 Å². The molecule has 2 aromatic carbocycles. The topological polar surface area (TPSA) is 67.8 Å². The number of piperazine rings is 1. The third kappa shape index (κ3) is 4.63. The van der Waals surface area contributed by atoms with Crippen LogP contribution in [-0.2, 0) is 0 Å². The Labute approximate surface area is 179 Å². The summed E-state index contributed by atoms with van der Waals surface area (Å²) in [6.45, 7) is 2.57. The normalized spacial score (nSPS) is 13.8. The summed E-state index contributed by atoms with van der Waals surface area (Å²) in [6.07, 6.45) is 1.48. The number of anilines is 1. The second-order valence-electron chi connectivity index (χ2n) is 6.78. The van der Waals surface area contributed by atoms with Crippen molar-refractivity contribution in [1.82, 2.24) is 14.9 Å². The molecule has 7 nitrogen and oxygen atoms in total. The number of carbonyl (C=O) groups excluding carboxylic acids is 1. The summed E-state index contributed by atoms with van der Waals surface area (Å²) >= 11 is 5.91. The summed E-state index contributed by atoms with van der Waals surface area (Å²) in [4.78, 5) is 25.2. The van der Waals surface area contributed by atoms with E-state index in [4.69, 9.17) is 21.1 Å². The monoisotopic (exact) mass is 424 g/mol. The molecule has 0 saturated carbocycles. The van der Waals surface area contributed by atoms with E-state index in [0.29, 0.717) is 54.1 Å². The predicted molar refractivity (Wildman–Crippen MR) is 115 cm³/mol. The highest BCUT2D eigenvalue weighted by molar-refractivity contribution is 6.30. The van der Waals surface area contributed by atoms with Crippen molar-refractivity contribution >= 4 is 23.3 Å². The number of aromatic nitrogens is 2. The van der Waals surface area contributed by atoms with Gasteiger partial charge < -0.3 is 19.3 Å². The first-order valence-corrected chi connectivity index (χ1v) is 9.94. The minimum Gasteiger partial charge on any atom is -0.497 e. The van der Waals surface area contributed by atoms with E-state index in [9.17, 15) is 4.79 Å². The van der Waals surface area contributed by atoms with Crippen molar-refractivity contribution in [2.75, 3.05) is 38.2 Å². The lowest BCUT2D eigenvalue weighted by Crippen LogP contribution is -2.49. The Morgan fingerprint density at radius 3 is 2.43 bits per heavy atom. The molecular weight excluding hydrogens is 404 g/mol. The molecule has 0 N–H and O–H groups in total. The zero-order valence-electron chi connectivity index (χ0n) is 16.5. The van der Waals surface area contributed by atoms with Crippen LogP contribution < -0.4 is 14.4 Å². The Morgan fingerprint density at radius 1 is 0.967 bits per heavy atom. The van der Waals surface area contributed by atoms with Crippen molar-refractivity contribution < 1.29 is 14.3 Å². The molecule has 1 fully saturated rings. The fraction of sp³-hybridized carbons (Fsp3) is 0.227. The highest BCUT2D eigenvalue weighted by Gasteiger charge is 2.23. The van der Waals surface area contributed by atoms with Gasteiger partial charge in [-0.25, -0.2) is 9.97 Å². The number of carbonyl (C=O) groups is 1. The van der Waals surface area contributed by atoms with Crippen LogP contribution in [0.25, 0.3) is 0 Å². The lowest BCUT2D eigenvalue weighted by Gasteiger charge is -2.35. The maximum Gasteiger partial charge on any atom is 0.253 e.